The lowest BCUT2D eigenvalue weighted by atomic mass is 10.00. The molecule has 4 N–H and O–H groups in total. The number of carboxylic acid groups (broad SMARTS) is 1. The van der Waals surface area contributed by atoms with Gasteiger partial charge in [0.25, 0.3) is 11.8 Å². The van der Waals surface area contributed by atoms with Gasteiger partial charge in [-0.2, -0.15) is 0 Å². The fourth-order valence-corrected chi connectivity index (χ4v) is 5.31. The molecule has 4 amide bonds. The van der Waals surface area contributed by atoms with Crippen molar-refractivity contribution in [3.05, 3.63) is 95.6 Å². The Morgan fingerprint density at radius 1 is 0.773 bits per heavy atom. The molecule has 0 aliphatic carbocycles. The summed E-state index contributed by atoms with van der Waals surface area (Å²) in [5, 5.41) is 18.3. The summed E-state index contributed by atoms with van der Waals surface area (Å²) in [5.74, 6) is -3.06. The molecule has 0 radical (unpaired) electrons. The van der Waals surface area contributed by atoms with E-state index in [1.54, 1.807) is 18.2 Å². The van der Waals surface area contributed by atoms with Gasteiger partial charge >= 0.3 is 5.97 Å². The predicted octanol–water partition coefficient (Wildman–Crippen LogP) is 3.27. The van der Waals surface area contributed by atoms with Crippen molar-refractivity contribution < 1.29 is 29.1 Å². The van der Waals surface area contributed by atoms with E-state index in [1.165, 1.54) is 7.05 Å². The number of nitrogens with zero attached hydrogens (tertiary/aromatic N) is 1. The molecule has 0 fully saturated rings. The van der Waals surface area contributed by atoms with Crippen LogP contribution in [0.4, 0.5) is 0 Å². The Bertz CT molecular complexity index is 1510. The van der Waals surface area contributed by atoms with E-state index in [-0.39, 0.29) is 42.3 Å². The van der Waals surface area contributed by atoms with E-state index in [0.717, 1.165) is 21.6 Å². The molecule has 0 spiro atoms. The maximum Gasteiger partial charge on any atom is 0.320 e. The van der Waals surface area contributed by atoms with Crippen LogP contribution in [-0.4, -0.2) is 71.3 Å². The third-order valence-corrected chi connectivity index (χ3v) is 7.61. The molecule has 230 valence electrons. The quantitative estimate of drug-likeness (QED) is 0.209. The van der Waals surface area contributed by atoms with Gasteiger partial charge in [0.05, 0.1) is 17.2 Å². The highest BCUT2D eigenvalue weighted by molar-refractivity contribution is 6.21. The monoisotopic (exact) mass is 598 g/mol. The number of hydrogen-bond acceptors (Lipinski definition) is 6. The van der Waals surface area contributed by atoms with Gasteiger partial charge in [0.15, 0.2) is 0 Å². The van der Waals surface area contributed by atoms with Crippen LogP contribution < -0.4 is 16.0 Å². The first-order valence-electron chi connectivity index (χ1n) is 14.7. The third-order valence-electron chi connectivity index (χ3n) is 7.61. The lowest BCUT2D eigenvalue weighted by Gasteiger charge is -2.27. The van der Waals surface area contributed by atoms with Gasteiger partial charge in [-0.1, -0.05) is 80.6 Å². The molecule has 0 bridgehead atoms. The molecule has 0 saturated heterocycles. The van der Waals surface area contributed by atoms with E-state index in [0.29, 0.717) is 6.42 Å². The summed E-state index contributed by atoms with van der Waals surface area (Å²) in [5.41, 5.74) is 3.09. The lowest BCUT2D eigenvalue weighted by Crippen LogP contribution is -2.56. The van der Waals surface area contributed by atoms with Crippen molar-refractivity contribution in [2.75, 3.05) is 13.6 Å². The lowest BCUT2D eigenvalue weighted by molar-refractivity contribution is -0.140. The number of benzene rings is 3. The van der Waals surface area contributed by atoms with Crippen LogP contribution in [0.3, 0.4) is 0 Å². The number of likely N-dealkylation sites (N-methyl/N-ethyl adjacent to an activating group) is 1. The molecule has 0 saturated carbocycles. The van der Waals surface area contributed by atoms with Crippen LogP contribution in [0.25, 0.3) is 11.1 Å². The van der Waals surface area contributed by atoms with Crippen LogP contribution in [0.2, 0.25) is 0 Å². The number of rotatable bonds is 14. The minimum absolute atomic E-state index is 0.0234. The maximum atomic E-state index is 13.5. The number of imide groups is 1. The second-order valence-electron chi connectivity index (χ2n) is 11.3. The average molecular weight is 599 g/mol. The van der Waals surface area contributed by atoms with Crippen molar-refractivity contribution in [3.8, 4) is 11.1 Å². The van der Waals surface area contributed by atoms with Crippen LogP contribution in [0.15, 0.2) is 78.9 Å². The number of nitrogens with one attached hydrogen (secondary N) is 3. The van der Waals surface area contributed by atoms with Crippen LogP contribution in [0.5, 0.6) is 0 Å². The van der Waals surface area contributed by atoms with Gasteiger partial charge < -0.3 is 15.7 Å². The van der Waals surface area contributed by atoms with E-state index in [9.17, 15) is 29.1 Å². The number of carboxylic acids is 1. The number of carbonyl (C=O) groups is 5. The number of carbonyl (C=O) groups excluding carboxylic acids is 4. The van der Waals surface area contributed by atoms with Crippen molar-refractivity contribution in [1.29, 1.82) is 0 Å². The number of hydrogen-bond donors (Lipinski definition) is 4. The zero-order valence-electron chi connectivity index (χ0n) is 25.1. The van der Waals surface area contributed by atoms with Gasteiger partial charge in [-0.05, 0) is 47.6 Å². The molecule has 1 heterocycles. The van der Waals surface area contributed by atoms with Gasteiger partial charge in [-0.25, -0.2) is 0 Å². The second-order valence-corrected chi connectivity index (χ2v) is 11.3. The highest BCUT2D eigenvalue weighted by Crippen LogP contribution is 2.29. The van der Waals surface area contributed by atoms with E-state index in [2.05, 4.69) is 16.0 Å². The largest absolute Gasteiger partial charge is 0.480 e. The van der Waals surface area contributed by atoms with Crippen LogP contribution >= 0.6 is 0 Å². The van der Waals surface area contributed by atoms with Crippen molar-refractivity contribution in [2.24, 2.45) is 5.92 Å². The van der Waals surface area contributed by atoms with Crippen LogP contribution in [-0.2, 0) is 20.8 Å². The Balaban J connectivity index is 1.46. The topological polar surface area (TPSA) is 145 Å². The normalized spacial score (nSPS) is 14.6. The van der Waals surface area contributed by atoms with E-state index >= 15 is 0 Å². The molecular formula is C34H38N4O6. The number of fused-ring (bicyclic) bond motifs is 1. The standard InChI is InChI=1S/C34H38N4O6/c1-21(2)18-28(31(40)37-29(30(39)35-3)19-22-10-6-4-7-11-22)36-27(34(43)44)16-17-38-32(41)25-15-14-24(20-26(25)33(38)42)23-12-8-5-9-13-23/h4-15,20-21,27-29,36H,16-19H2,1-3H3,(H,35,39)(H,37,40)(H,43,44)/t27?,28-,29-/m0/s1. The minimum atomic E-state index is -1.23. The second kappa shape index (κ2) is 14.6. The summed E-state index contributed by atoms with van der Waals surface area (Å²) in [6.07, 6.45) is 0.447. The average Bonchev–Trinajstić information content (AvgIpc) is 3.26. The molecule has 1 unspecified atom stereocenters. The highest BCUT2D eigenvalue weighted by Gasteiger charge is 2.37. The molecular weight excluding hydrogens is 560 g/mol. The summed E-state index contributed by atoms with van der Waals surface area (Å²) in [6.45, 7) is 3.66. The highest BCUT2D eigenvalue weighted by atomic mass is 16.4. The molecule has 10 heteroatoms. The summed E-state index contributed by atoms with van der Waals surface area (Å²) in [4.78, 5) is 65.8. The molecule has 1 aliphatic rings. The fraction of sp³-hybridized carbons (Fsp3) is 0.324. The van der Waals surface area contributed by atoms with Gasteiger partial charge in [0.2, 0.25) is 11.8 Å². The van der Waals surface area contributed by atoms with Crippen LogP contribution in [0.1, 0.15) is 53.0 Å². The van der Waals surface area contributed by atoms with Crippen molar-refractivity contribution in [2.45, 2.75) is 51.2 Å². The van der Waals surface area contributed by atoms with Crippen molar-refractivity contribution >= 4 is 29.6 Å². The Kier molecular flexibility index (Phi) is 10.6. The predicted molar refractivity (Wildman–Crippen MR) is 166 cm³/mol. The first-order valence-corrected chi connectivity index (χ1v) is 14.7. The summed E-state index contributed by atoms with van der Waals surface area (Å²) in [6, 6.07) is 20.8. The maximum absolute atomic E-state index is 13.5. The third kappa shape index (κ3) is 7.76. The van der Waals surface area contributed by atoms with E-state index in [1.807, 2.05) is 74.5 Å². The fourth-order valence-electron chi connectivity index (χ4n) is 5.31. The minimum Gasteiger partial charge on any atom is -0.480 e. The van der Waals surface area contributed by atoms with Gasteiger partial charge in [-0.3, -0.25) is 34.2 Å². The molecule has 44 heavy (non-hydrogen) atoms. The van der Waals surface area contributed by atoms with Gasteiger partial charge in [0.1, 0.15) is 12.1 Å². The smallest absolute Gasteiger partial charge is 0.320 e. The Morgan fingerprint density at radius 3 is 2.02 bits per heavy atom. The SMILES string of the molecule is CNC(=O)[C@H](Cc1ccccc1)NC(=O)[C@H](CC(C)C)NC(CCN1C(=O)c2ccc(-c3ccccc3)cc2C1=O)C(=O)O. The first kappa shape index (κ1) is 32.1. The number of aliphatic carboxylic acids is 1. The first-order chi connectivity index (χ1) is 21.1. The van der Waals surface area contributed by atoms with Gasteiger partial charge in [0, 0.05) is 20.0 Å². The van der Waals surface area contributed by atoms with E-state index < -0.39 is 41.8 Å². The summed E-state index contributed by atoms with van der Waals surface area (Å²) in [7, 11) is 1.48. The molecule has 1 aliphatic heterocycles. The summed E-state index contributed by atoms with van der Waals surface area (Å²) >= 11 is 0. The van der Waals surface area contributed by atoms with Crippen molar-refractivity contribution in [1.82, 2.24) is 20.9 Å². The molecule has 0 aromatic heterocycles. The Hall–Kier alpha value is -4.83. The Morgan fingerprint density at radius 2 is 1.41 bits per heavy atom. The molecule has 10 nitrogen and oxygen atoms in total. The van der Waals surface area contributed by atoms with Crippen molar-refractivity contribution in [3.63, 3.8) is 0 Å². The zero-order chi connectivity index (χ0) is 31.8. The van der Waals surface area contributed by atoms with Gasteiger partial charge in [-0.15, -0.1) is 0 Å². The Labute approximate surface area is 256 Å². The van der Waals surface area contributed by atoms with Crippen LogP contribution in [0, 0.1) is 5.92 Å². The summed E-state index contributed by atoms with van der Waals surface area (Å²) < 4.78 is 0. The number of amides is 4. The molecule has 3 atom stereocenters. The van der Waals surface area contributed by atoms with E-state index in [4.69, 9.17) is 0 Å². The molecule has 4 rings (SSSR count). The molecule has 3 aromatic carbocycles. The molecule has 3 aromatic rings. The zero-order valence-corrected chi connectivity index (χ0v) is 25.1.